The average molecular weight is 321 g/mol. The van der Waals surface area contributed by atoms with Crippen LogP contribution >= 0.6 is 0 Å². The molecule has 0 saturated carbocycles. The highest BCUT2D eigenvalue weighted by Crippen LogP contribution is 2.16. The number of nitrogens with one attached hydrogen (secondary N) is 1. The maximum Gasteiger partial charge on any atom is 0.189 e. The first-order valence-corrected chi connectivity index (χ1v) is 8.14. The molecule has 0 spiro atoms. The molecule has 6 heteroatoms. The van der Waals surface area contributed by atoms with E-state index in [9.17, 15) is 4.39 Å². The minimum Gasteiger partial charge on any atom is -0.370 e. The second-order valence-corrected chi connectivity index (χ2v) is 6.95. The molecule has 1 saturated heterocycles. The van der Waals surface area contributed by atoms with Crippen molar-refractivity contribution in [3.8, 4) is 0 Å². The molecule has 1 aliphatic heterocycles. The first-order chi connectivity index (χ1) is 10.8. The Kier molecular flexibility index (Phi) is 5.82. The zero-order chi connectivity index (χ0) is 16.9. The number of nitrogens with two attached hydrogens (primary N) is 1. The smallest absolute Gasteiger partial charge is 0.189 e. The SMILES string of the molecule is CC(C)(C)NC(N)=NCCN1CCN(c2ccc(F)cc2)CC1. The van der Waals surface area contributed by atoms with Crippen LogP contribution in [0.25, 0.3) is 0 Å². The first-order valence-electron chi connectivity index (χ1n) is 8.14. The second kappa shape index (κ2) is 7.64. The molecule has 1 aromatic rings. The lowest BCUT2D eigenvalue weighted by molar-refractivity contribution is 0.265. The normalized spacial score (nSPS) is 17.4. The number of nitrogens with zero attached hydrogens (tertiary/aromatic N) is 3. The standard InChI is InChI=1S/C17H28FN5/c1-17(2,3)21-16(19)20-8-9-22-10-12-23(13-11-22)15-6-4-14(18)5-7-15/h4-7H,8-13H2,1-3H3,(H3,19,20,21). The zero-order valence-corrected chi connectivity index (χ0v) is 14.3. The van der Waals surface area contributed by atoms with E-state index < -0.39 is 0 Å². The van der Waals surface area contributed by atoms with Gasteiger partial charge in [-0.15, -0.1) is 0 Å². The molecule has 1 aliphatic rings. The van der Waals surface area contributed by atoms with Gasteiger partial charge in [-0.25, -0.2) is 4.39 Å². The van der Waals surface area contributed by atoms with Crippen LogP contribution in [-0.2, 0) is 0 Å². The fourth-order valence-corrected chi connectivity index (χ4v) is 2.62. The quantitative estimate of drug-likeness (QED) is 0.654. The fourth-order valence-electron chi connectivity index (χ4n) is 2.62. The van der Waals surface area contributed by atoms with E-state index in [1.54, 1.807) is 0 Å². The van der Waals surface area contributed by atoms with Crippen molar-refractivity contribution in [2.75, 3.05) is 44.2 Å². The van der Waals surface area contributed by atoms with Crippen LogP contribution in [0.15, 0.2) is 29.3 Å². The lowest BCUT2D eigenvalue weighted by Crippen LogP contribution is -2.48. The van der Waals surface area contributed by atoms with Gasteiger partial charge >= 0.3 is 0 Å². The van der Waals surface area contributed by atoms with Crippen molar-refractivity contribution in [1.29, 1.82) is 0 Å². The molecule has 0 bridgehead atoms. The van der Waals surface area contributed by atoms with Gasteiger partial charge in [-0.1, -0.05) is 0 Å². The molecule has 5 nitrogen and oxygen atoms in total. The third kappa shape index (κ3) is 6.06. The van der Waals surface area contributed by atoms with Gasteiger partial charge in [0.15, 0.2) is 5.96 Å². The molecule has 0 atom stereocenters. The molecule has 0 unspecified atom stereocenters. The van der Waals surface area contributed by atoms with E-state index in [2.05, 4.69) is 40.9 Å². The molecule has 1 heterocycles. The van der Waals surface area contributed by atoms with Crippen molar-refractivity contribution < 1.29 is 4.39 Å². The van der Waals surface area contributed by atoms with Gasteiger partial charge in [0.1, 0.15) is 5.82 Å². The van der Waals surface area contributed by atoms with Crippen molar-refractivity contribution in [2.24, 2.45) is 10.7 Å². The van der Waals surface area contributed by atoms with Crippen LogP contribution in [0.1, 0.15) is 20.8 Å². The molecule has 1 fully saturated rings. The molecule has 3 N–H and O–H groups in total. The molecular weight excluding hydrogens is 293 g/mol. The molecule has 0 amide bonds. The molecule has 23 heavy (non-hydrogen) atoms. The zero-order valence-electron chi connectivity index (χ0n) is 14.3. The average Bonchev–Trinajstić information content (AvgIpc) is 2.47. The Morgan fingerprint density at radius 2 is 1.78 bits per heavy atom. The summed E-state index contributed by atoms with van der Waals surface area (Å²) in [5.74, 6) is 0.314. The first kappa shape index (κ1) is 17.5. The molecule has 1 aromatic carbocycles. The van der Waals surface area contributed by atoms with Crippen LogP contribution in [0.3, 0.4) is 0 Å². The summed E-state index contributed by atoms with van der Waals surface area (Å²) in [5, 5.41) is 3.16. The number of hydrogen-bond acceptors (Lipinski definition) is 3. The minimum atomic E-state index is -0.188. The van der Waals surface area contributed by atoms with Crippen LogP contribution in [0.4, 0.5) is 10.1 Å². The van der Waals surface area contributed by atoms with E-state index in [0.717, 1.165) is 38.4 Å². The second-order valence-electron chi connectivity index (χ2n) is 6.95. The molecule has 2 rings (SSSR count). The van der Waals surface area contributed by atoms with E-state index in [1.165, 1.54) is 12.1 Å². The summed E-state index contributed by atoms with van der Waals surface area (Å²) < 4.78 is 13.0. The van der Waals surface area contributed by atoms with Gasteiger partial charge in [0.05, 0.1) is 6.54 Å². The van der Waals surface area contributed by atoms with Gasteiger partial charge in [0.2, 0.25) is 0 Å². The summed E-state index contributed by atoms with van der Waals surface area (Å²) in [6.07, 6.45) is 0. The summed E-state index contributed by atoms with van der Waals surface area (Å²) in [7, 11) is 0. The van der Waals surface area contributed by atoms with E-state index in [-0.39, 0.29) is 11.4 Å². The van der Waals surface area contributed by atoms with Crippen molar-refractivity contribution in [3.63, 3.8) is 0 Å². The Morgan fingerprint density at radius 1 is 1.17 bits per heavy atom. The highest BCUT2D eigenvalue weighted by Gasteiger charge is 2.17. The molecular formula is C17H28FN5. The van der Waals surface area contributed by atoms with Crippen molar-refractivity contribution in [1.82, 2.24) is 10.2 Å². The summed E-state index contributed by atoms with van der Waals surface area (Å²) in [6, 6.07) is 6.71. The molecule has 128 valence electrons. The van der Waals surface area contributed by atoms with Crippen LogP contribution in [0.2, 0.25) is 0 Å². The van der Waals surface area contributed by atoms with Gasteiger partial charge in [0.25, 0.3) is 0 Å². The summed E-state index contributed by atoms with van der Waals surface area (Å²) >= 11 is 0. The Balaban J connectivity index is 1.72. The third-order valence-electron chi connectivity index (χ3n) is 3.77. The largest absolute Gasteiger partial charge is 0.370 e. The van der Waals surface area contributed by atoms with Crippen molar-refractivity contribution >= 4 is 11.6 Å². The van der Waals surface area contributed by atoms with E-state index in [4.69, 9.17) is 5.73 Å². The fraction of sp³-hybridized carbons (Fsp3) is 0.588. The molecule has 0 aromatic heterocycles. The number of rotatable bonds is 4. The summed E-state index contributed by atoms with van der Waals surface area (Å²) in [5.41, 5.74) is 6.89. The number of hydrogen-bond donors (Lipinski definition) is 2. The number of piperazine rings is 1. The van der Waals surface area contributed by atoms with E-state index >= 15 is 0 Å². The predicted octanol–water partition coefficient (Wildman–Crippen LogP) is 1.65. The number of aliphatic imine (C=N–C) groups is 1. The van der Waals surface area contributed by atoms with Gasteiger partial charge in [-0.05, 0) is 45.0 Å². The van der Waals surface area contributed by atoms with Crippen LogP contribution in [0, 0.1) is 5.82 Å². The van der Waals surface area contributed by atoms with Crippen molar-refractivity contribution in [2.45, 2.75) is 26.3 Å². The van der Waals surface area contributed by atoms with Crippen LogP contribution < -0.4 is 16.0 Å². The van der Waals surface area contributed by atoms with Gasteiger partial charge in [-0.2, -0.15) is 0 Å². The molecule has 0 radical (unpaired) electrons. The number of guanidine groups is 1. The predicted molar refractivity (Wildman–Crippen MR) is 94.4 cm³/mol. The number of anilines is 1. The van der Waals surface area contributed by atoms with Crippen molar-refractivity contribution in [3.05, 3.63) is 30.1 Å². The highest BCUT2D eigenvalue weighted by atomic mass is 19.1. The van der Waals surface area contributed by atoms with Gasteiger partial charge in [-0.3, -0.25) is 9.89 Å². The lowest BCUT2D eigenvalue weighted by Gasteiger charge is -2.35. The lowest BCUT2D eigenvalue weighted by atomic mass is 10.1. The van der Waals surface area contributed by atoms with E-state index in [0.29, 0.717) is 12.5 Å². The van der Waals surface area contributed by atoms with Gasteiger partial charge in [0, 0.05) is 44.0 Å². The number of halogens is 1. The maximum absolute atomic E-state index is 13.0. The highest BCUT2D eigenvalue weighted by molar-refractivity contribution is 5.78. The summed E-state index contributed by atoms with van der Waals surface area (Å²) in [6.45, 7) is 11.7. The Bertz CT molecular complexity index is 513. The topological polar surface area (TPSA) is 56.9 Å². The Labute approximate surface area is 138 Å². The minimum absolute atomic E-state index is 0.0611. The van der Waals surface area contributed by atoms with E-state index in [1.807, 2.05) is 12.1 Å². The summed E-state index contributed by atoms with van der Waals surface area (Å²) in [4.78, 5) is 9.05. The van der Waals surface area contributed by atoms with Gasteiger partial charge < -0.3 is 16.0 Å². The van der Waals surface area contributed by atoms with Crippen LogP contribution in [0.5, 0.6) is 0 Å². The van der Waals surface area contributed by atoms with Crippen LogP contribution in [-0.4, -0.2) is 55.7 Å². The Morgan fingerprint density at radius 3 is 2.35 bits per heavy atom. The number of benzene rings is 1. The molecule has 0 aliphatic carbocycles. The Hall–Kier alpha value is -1.82. The maximum atomic E-state index is 13.0. The monoisotopic (exact) mass is 321 g/mol. The third-order valence-corrected chi connectivity index (χ3v) is 3.77.